The summed E-state index contributed by atoms with van der Waals surface area (Å²) in [7, 11) is 1.71. The van der Waals surface area contributed by atoms with Crippen LogP contribution in [0.25, 0.3) is 0 Å². The molecule has 110 valence electrons. The molecule has 3 heteroatoms. The maximum Gasteiger partial charge on any atom is 0.119 e. The van der Waals surface area contributed by atoms with Crippen molar-refractivity contribution in [3.8, 4) is 5.75 Å². The number of halogens is 1. The number of nitrogens with one attached hydrogen (secondary N) is 1. The summed E-state index contributed by atoms with van der Waals surface area (Å²) in [6, 6.07) is 14.6. The summed E-state index contributed by atoms with van der Waals surface area (Å²) in [6.45, 7) is 5.45. The van der Waals surface area contributed by atoms with Gasteiger partial charge in [0.05, 0.1) is 13.2 Å². The quantitative estimate of drug-likeness (QED) is 0.892. The van der Waals surface area contributed by atoms with E-state index in [0.717, 1.165) is 17.3 Å². The maximum atomic E-state index is 6.00. The Morgan fingerprint density at radius 3 is 2.52 bits per heavy atom. The molecule has 0 saturated heterocycles. The number of benzene rings is 2. The van der Waals surface area contributed by atoms with Crippen LogP contribution in [0.2, 0.25) is 5.02 Å². The first kappa shape index (κ1) is 14.4. The highest BCUT2D eigenvalue weighted by Gasteiger charge is 2.33. The number of rotatable bonds is 2. The molecule has 3 rings (SSSR count). The molecule has 0 fully saturated rings. The van der Waals surface area contributed by atoms with E-state index < -0.39 is 0 Å². The average Bonchev–Trinajstić information content (AvgIpc) is 2.48. The summed E-state index contributed by atoms with van der Waals surface area (Å²) in [4.78, 5) is 0. The van der Waals surface area contributed by atoms with Gasteiger partial charge in [-0.05, 0) is 41.0 Å². The smallest absolute Gasteiger partial charge is 0.119 e. The monoisotopic (exact) mass is 301 g/mol. The Balaban J connectivity index is 2.09. The van der Waals surface area contributed by atoms with Crippen LogP contribution in [-0.4, -0.2) is 13.7 Å². The third-order valence-corrected chi connectivity index (χ3v) is 4.50. The molecule has 0 spiro atoms. The number of methoxy groups -OCH3 is 1. The Morgan fingerprint density at radius 1 is 1.14 bits per heavy atom. The number of ether oxygens (including phenoxy) is 1. The summed E-state index contributed by atoms with van der Waals surface area (Å²) in [5.74, 6) is 0.915. The van der Waals surface area contributed by atoms with Crippen molar-refractivity contribution >= 4 is 11.6 Å². The third-order valence-electron chi connectivity index (χ3n) is 4.25. The molecule has 0 saturated carbocycles. The molecule has 1 aliphatic heterocycles. The largest absolute Gasteiger partial charge is 0.497 e. The second-order valence-electron chi connectivity index (χ2n) is 6.20. The van der Waals surface area contributed by atoms with Crippen molar-refractivity contribution in [2.75, 3.05) is 13.7 Å². The number of fused-ring (bicyclic) bond motifs is 1. The molecule has 2 nitrogen and oxygen atoms in total. The molecule has 2 aromatic carbocycles. The van der Waals surface area contributed by atoms with E-state index in [1.165, 1.54) is 16.7 Å². The number of hydrogen-bond donors (Lipinski definition) is 1. The minimum Gasteiger partial charge on any atom is -0.497 e. The van der Waals surface area contributed by atoms with Crippen LogP contribution in [0.1, 0.15) is 36.6 Å². The van der Waals surface area contributed by atoms with Gasteiger partial charge in [-0.3, -0.25) is 0 Å². The maximum absolute atomic E-state index is 6.00. The predicted molar refractivity (Wildman–Crippen MR) is 87.3 cm³/mol. The van der Waals surface area contributed by atoms with Crippen molar-refractivity contribution in [1.29, 1.82) is 0 Å². The molecule has 1 atom stereocenters. The van der Waals surface area contributed by atoms with Gasteiger partial charge in [-0.25, -0.2) is 0 Å². The molecule has 1 unspecified atom stereocenters. The zero-order chi connectivity index (χ0) is 15.0. The molecule has 2 aromatic rings. The van der Waals surface area contributed by atoms with Gasteiger partial charge in [0.2, 0.25) is 0 Å². The molecule has 1 N–H and O–H groups in total. The minimum absolute atomic E-state index is 0.0901. The third kappa shape index (κ3) is 2.66. The standard InChI is InChI=1S/C18H20ClNO/c1-18(2)11-20-17(12-4-6-13(19)7-5-12)15-9-8-14(21-3)10-16(15)18/h4-10,17,20H,11H2,1-3H3. The summed E-state index contributed by atoms with van der Waals surface area (Å²) >= 11 is 6.00. The van der Waals surface area contributed by atoms with Crippen LogP contribution in [0, 0.1) is 0 Å². The van der Waals surface area contributed by atoms with Crippen molar-refractivity contribution in [3.63, 3.8) is 0 Å². The van der Waals surface area contributed by atoms with Crippen LogP contribution in [0.4, 0.5) is 0 Å². The second kappa shape index (κ2) is 5.36. The van der Waals surface area contributed by atoms with Gasteiger partial charge in [0, 0.05) is 17.0 Å². The highest BCUT2D eigenvalue weighted by atomic mass is 35.5. The molecule has 0 radical (unpaired) electrons. The van der Waals surface area contributed by atoms with Gasteiger partial charge >= 0.3 is 0 Å². The molecular formula is C18H20ClNO. The molecule has 0 aromatic heterocycles. The highest BCUT2D eigenvalue weighted by molar-refractivity contribution is 6.30. The fraction of sp³-hybridized carbons (Fsp3) is 0.333. The van der Waals surface area contributed by atoms with Gasteiger partial charge in [-0.2, -0.15) is 0 Å². The van der Waals surface area contributed by atoms with Crippen LogP contribution < -0.4 is 10.1 Å². The lowest BCUT2D eigenvalue weighted by Gasteiger charge is -2.38. The van der Waals surface area contributed by atoms with Gasteiger partial charge in [0.1, 0.15) is 5.75 Å². The van der Waals surface area contributed by atoms with Gasteiger partial charge in [-0.1, -0.05) is 43.6 Å². The first-order valence-corrected chi connectivity index (χ1v) is 7.56. The van der Waals surface area contributed by atoms with Gasteiger partial charge in [0.25, 0.3) is 0 Å². The Kier molecular flexibility index (Phi) is 3.68. The van der Waals surface area contributed by atoms with Crippen LogP contribution >= 0.6 is 11.6 Å². The topological polar surface area (TPSA) is 21.3 Å². The summed E-state index contributed by atoms with van der Waals surface area (Å²) in [5.41, 5.74) is 3.99. The van der Waals surface area contributed by atoms with E-state index in [1.54, 1.807) is 7.11 Å². The van der Waals surface area contributed by atoms with Crippen LogP contribution in [0.5, 0.6) is 5.75 Å². The molecule has 21 heavy (non-hydrogen) atoms. The zero-order valence-electron chi connectivity index (χ0n) is 12.6. The highest BCUT2D eigenvalue weighted by Crippen LogP contribution is 2.39. The van der Waals surface area contributed by atoms with Crippen molar-refractivity contribution in [3.05, 3.63) is 64.2 Å². The molecular weight excluding hydrogens is 282 g/mol. The Bertz CT molecular complexity index is 649. The Morgan fingerprint density at radius 2 is 1.86 bits per heavy atom. The second-order valence-corrected chi connectivity index (χ2v) is 6.64. The van der Waals surface area contributed by atoms with Crippen LogP contribution in [0.3, 0.4) is 0 Å². The van der Waals surface area contributed by atoms with Crippen molar-refractivity contribution in [1.82, 2.24) is 5.32 Å². The summed E-state index contributed by atoms with van der Waals surface area (Å²) in [6.07, 6.45) is 0. The van der Waals surface area contributed by atoms with Gasteiger partial charge in [0.15, 0.2) is 0 Å². The van der Waals surface area contributed by atoms with Gasteiger partial charge in [-0.15, -0.1) is 0 Å². The van der Waals surface area contributed by atoms with Gasteiger partial charge < -0.3 is 10.1 Å². The lowest BCUT2D eigenvalue weighted by molar-refractivity contribution is 0.391. The van der Waals surface area contributed by atoms with Crippen molar-refractivity contribution < 1.29 is 4.74 Å². The molecule has 1 aliphatic rings. The molecule has 1 heterocycles. The predicted octanol–water partition coefficient (Wildman–Crippen LogP) is 4.32. The van der Waals surface area contributed by atoms with E-state index in [-0.39, 0.29) is 11.5 Å². The zero-order valence-corrected chi connectivity index (χ0v) is 13.4. The van der Waals surface area contributed by atoms with E-state index in [0.29, 0.717) is 0 Å². The minimum atomic E-state index is 0.0901. The van der Waals surface area contributed by atoms with Crippen molar-refractivity contribution in [2.45, 2.75) is 25.3 Å². The first-order valence-electron chi connectivity index (χ1n) is 7.18. The lowest BCUT2D eigenvalue weighted by atomic mass is 9.75. The molecule has 0 amide bonds. The summed E-state index contributed by atoms with van der Waals surface area (Å²) < 4.78 is 5.39. The van der Waals surface area contributed by atoms with E-state index in [4.69, 9.17) is 16.3 Å². The van der Waals surface area contributed by atoms with E-state index in [2.05, 4.69) is 43.4 Å². The Hall–Kier alpha value is -1.51. The molecule has 0 bridgehead atoms. The number of hydrogen-bond acceptors (Lipinski definition) is 2. The Labute approximate surface area is 131 Å². The molecule has 0 aliphatic carbocycles. The van der Waals surface area contributed by atoms with Crippen LogP contribution in [-0.2, 0) is 5.41 Å². The van der Waals surface area contributed by atoms with E-state index in [1.807, 2.05) is 18.2 Å². The normalized spacial score (nSPS) is 19.9. The summed E-state index contributed by atoms with van der Waals surface area (Å²) in [5, 5.41) is 4.42. The lowest BCUT2D eigenvalue weighted by Crippen LogP contribution is -2.42. The van der Waals surface area contributed by atoms with E-state index >= 15 is 0 Å². The van der Waals surface area contributed by atoms with E-state index in [9.17, 15) is 0 Å². The fourth-order valence-electron chi connectivity index (χ4n) is 3.02. The average molecular weight is 302 g/mol. The van der Waals surface area contributed by atoms with Crippen LogP contribution in [0.15, 0.2) is 42.5 Å². The fourth-order valence-corrected chi connectivity index (χ4v) is 3.14. The van der Waals surface area contributed by atoms with Crippen molar-refractivity contribution in [2.24, 2.45) is 0 Å². The first-order chi connectivity index (χ1) is 10.0. The SMILES string of the molecule is COc1ccc2c(c1)C(C)(C)CNC2c1ccc(Cl)cc1.